The Labute approximate surface area is 125 Å². The fourth-order valence-electron chi connectivity index (χ4n) is 2.96. The molecule has 4 heteroatoms. The van der Waals surface area contributed by atoms with Gasteiger partial charge in [0.15, 0.2) is 0 Å². The van der Waals surface area contributed by atoms with Gasteiger partial charge in [0.05, 0.1) is 18.8 Å². The molecule has 0 bridgehead atoms. The second kappa shape index (κ2) is 9.69. The van der Waals surface area contributed by atoms with Crippen LogP contribution in [0.15, 0.2) is 0 Å². The molecule has 0 aromatic carbocycles. The first kappa shape index (κ1) is 22.1. The van der Waals surface area contributed by atoms with Crippen LogP contribution in [0.1, 0.15) is 61.3 Å². The first-order valence-corrected chi connectivity index (χ1v) is 6.89. The molecule has 0 radical (unpaired) electrons. The first-order chi connectivity index (χ1) is 8.49. The van der Waals surface area contributed by atoms with E-state index in [4.69, 9.17) is 14.2 Å². The van der Waals surface area contributed by atoms with Crippen molar-refractivity contribution in [3.8, 4) is 0 Å². The highest BCUT2D eigenvalue weighted by Crippen LogP contribution is 2.49. The van der Waals surface area contributed by atoms with E-state index in [9.17, 15) is 4.39 Å². The Morgan fingerprint density at radius 3 is 2.30 bits per heavy atom. The summed E-state index contributed by atoms with van der Waals surface area (Å²) in [6, 6.07) is 0. The third-order valence-electron chi connectivity index (χ3n) is 4.08. The maximum atomic E-state index is 14.7. The van der Waals surface area contributed by atoms with Crippen molar-refractivity contribution >= 4 is 0 Å². The van der Waals surface area contributed by atoms with Crippen molar-refractivity contribution in [1.82, 2.24) is 0 Å². The summed E-state index contributed by atoms with van der Waals surface area (Å²) >= 11 is 0. The average Bonchev–Trinajstić information content (AvgIpc) is 2.61. The highest BCUT2D eigenvalue weighted by molar-refractivity contribution is 5.02. The van der Waals surface area contributed by atoms with Gasteiger partial charge in [-0.3, -0.25) is 0 Å². The molecule has 3 unspecified atom stereocenters. The minimum absolute atomic E-state index is 0. The number of methoxy groups -OCH3 is 1. The monoisotopic (exact) mass is 294 g/mol. The van der Waals surface area contributed by atoms with E-state index >= 15 is 0 Å². The van der Waals surface area contributed by atoms with E-state index in [1.165, 1.54) is 0 Å². The van der Waals surface area contributed by atoms with Crippen LogP contribution in [0.4, 0.5) is 4.39 Å². The van der Waals surface area contributed by atoms with E-state index in [1.54, 1.807) is 7.11 Å². The third-order valence-corrected chi connectivity index (χ3v) is 4.08. The Morgan fingerprint density at radius 2 is 1.85 bits per heavy atom. The van der Waals surface area contributed by atoms with Gasteiger partial charge in [-0.1, -0.05) is 35.1 Å². The van der Waals surface area contributed by atoms with Crippen LogP contribution in [0.5, 0.6) is 0 Å². The maximum Gasteiger partial charge on any atom is 0.147 e. The Kier molecular flexibility index (Phi) is 10.7. The second-order valence-electron chi connectivity index (χ2n) is 5.49. The van der Waals surface area contributed by atoms with Crippen molar-refractivity contribution in [1.29, 1.82) is 0 Å². The molecule has 0 spiro atoms. The molecule has 124 valence electrons. The first-order valence-electron chi connectivity index (χ1n) is 6.89. The summed E-state index contributed by atoms with van der Waals surface area (Å²) in [4.78, 5) is 0. The fraction of sp³-hybridized carbons (Fsp3) is 1.00. The molecule has 0 aromatic rings. The number of halogens is 1. The van der Waals surface area contributed by atoms with Crippen molar-refractivity contribution in [3.63, 3.8) is 0 Å². The van der Waals surface area contributed by atoms with Crippen LogP contribution in [-0.4, -0.2) is 38.4 Å². The highest BCUT2D eigenvalue weighted by atomic mass is 19.1. The summed E-state index contributed by atoms with van der Waals surface area (Å²) in [6.45, 7) is 7.25. The molecule has 0 aliphatic heterocycles. The Balaban J connectivity index is 0. The third kappa shape index (κ3) is 5.66. The predicted molar refractivity (Wildman–Crippen MR) is 82.8 cm³/mol. The average molecular weight is 294 g/mol. The van der Waals surface area contributed by atoms with Gasteiger partial charge in [-0.25, -0.2) is 4.39 Å². The molecule has 0 amide bonds. The molecule has 0 aromatic heterocycles. The molecule has 1 fully saturated rings. The Hall–Kier alpha value is -0.190. The van der Waals surface area contributed by atoms with E-state index in [2.05, 4.69) is 6.92 Å². The van der Waals surface area contributed by atoms with Crippen molar-refractivity contribution in [3.05, 3.63) is 0 Å². The maximum absolute atomic E-state index is 14.7. The molecule has 3 atom stereocenters. The SMILES string of the molecule is C.C.CCC1CC(C)(OCOCCOC)CC1(F)CC. The summed E-state index contributed by atoms with van der Waals surface area (Å²) in [7, 11) is 1.63. The van der Waals surface area contributed by atoms with Crippen LogP contribution in [-0.2, 0) is 14.2 Å². The summed E-state index contributed by atoms with van der Waals surface area (Å²) in [5.74, 6) is 0.103. The van der Waals surface area contributed by atoms with Crippen LogP contribution in [0.2, 0.25) is 0 Å². The molecule has 0 saturated heterocycles. The molecule has 1 saturated carbocycles. The van der Waals surface area contributed by atoms with Gasteiger partial charge in [-0.2, -0.15) is 0 Å². The topological polar surface area (TPSA) is 27.7 Å². The van der Waals surface area contributed by atoms with E-state index < -0.39 is 11.3 Å². The zero-order valence-corrected chi connectivity index (χ0v) is 12.1. The molecule has 20 heavy (non-hydrogen) atoms. The summed E-state index contributed by atoms with van der Waals surface area (Å²) in [5.41, 5.74) is -1.46. The molecule has 0 N–H and O–H groups in total. The number of alkyl halides is 1. The van der Waals surface area contributed by atoms with Crippen LogP contribution >= 0.6 is 0 Å². The zero-order chi connectivity index (χ0) is 13.6. The summed E-state index contributed by atoms with van der Waals surface area (Å²) < 4.78 is 30.6. The lowest BCUT2D eigenvalue weighted by Gasteiger charge is -2.26. The van der Waals surface area contributed by atoms with E-state index in [0.717, 1.165) is 12.8 Å². The number of rotatable bonds is 8. The Morgan fingerprint density at radius 1 is 1.20 bits per heavy atom. The zero-order valence-electron chi connectivity index (χ0n) is 12.1. The second-order valence-corrected chi connectivity index (χ2v) is 5.49. The number of hydrogen-bond acceptors (Lipinski definition) is 3. The van der Waals surface area contributed by atoms with E-state index in [-0.39, 0.29) is 27.6 Å². The normalized spacial score (nSPS) is 32.5. The molecular formula is C16H35FO3. The van der Waals surface area contributed by atoms with Crippen LogP contribution in [0.25, 0.3) is 0 Å². The summed E-state index contributed by atoms with van der Waals surface area (Å²) in [6.07, 6.45) is 2.69. The van der Waals surface area contributed by atoms with Gasteiger partial charge in [0.25, 0.3) is 0 Å². The van der Waals surface area contributed by atoms with Crippen molar-refractivity contribution in [2.24, 2.45) is 5.92 Å². The lowest BCUT2D eigenvalue weighted by Crippen LogP contribution is -2.30. The minimum atomic E-state index is -1.07. The number of hydrogen-bond donors (Lipinski definition) is 0. The lowest BCUT2D eigenvalue weighted by atomic mass is 9.88. The summed E-state index contributed by atoms with van der Waals surface area (Å²) in [5, 5.41) is 0. The van der Waals surface area contributed by atoms with Gasteiger partial charge in [0, 0.05) is 13.5 Å². The lowest BCUT2D eigenvalue weighted by molar-refractivity contribution is -0.141. The molecule has 1 rings (SSSR count). The van der Waals surface area contributed by atoms with E-state index in [1.807, 2.05) is 13.8 Å². The number of ether oxygens (including phenoxy) is 3. The van der Waals surface area contributed by atoms with Crippen molar-refractivity contribution < 1.29 is 18.6 Å². The molecule has 1 aliphatic rings. The van der Waals surface area contributed by atoms with Gasteiger partial charge in [0.2, 0.25) is 0 Å². The van der Waals surface area contributed by atoms with Crippen molar-refractivity contribution in [2.45, 2.75) is 72.6 Å². The van der Waals surface area contributed by atoms with Gasteiger partial charge >= 0.3 is 0 Å². The van der Waals surface area contributed by atoms with Crippen LogP contribution in [0.3, 0.4) is 0 Å². The standard InChI is InChI=1S/C14H27FO3.2CH4/c1-5-12-9-13(3,10-14(12,15)6-2)18-11-17-8-7-16-4;;/h12H,5-11H2,1-4H3;2*1H4. The molecular weight excluding hydrogens is 259 g/mol. The van der Waals surface area contributed by atoms with Gasteiger partial charge in [0.1, 0.15) is 12.5 Å². The van der Waals surface area contributed by atoms with Crippen LogP contribution in [0, 0.1) is 5.92 Å². The molecule has 1 aliphatic carbocycles. The van der Waals surface area contributed by atoms with Crippen LogP contribution < -0.4 is 0 Å². The minimum Gasteiger partial charge on any atom is -0.382 e. The fourth-order valence-corrected chi connectivity index (χ4v) is 2.96. The van der Waals surface area contributed by atoms with Gasteiger partial charge < -0.3 is 14.2 Å². The quantitative estimate of drug-likeness (QED) is 0.484. The van der Waals surface area contributed by atoms with E-state index in [0.29, 0.717) is 26.1 Å². The van der Waals surface area contributed by atoms with Crippen molar-refractivity contribution in [2.75, 3.05) is 27.1 Å². The molecule has 3 nitrogen and oxygen atoms in total. The largest absolute Gasteiger partial charge is 0.382 e. The molecule has 0 heterocycles. The van der Waals surface area contributed by atoms with Gasteiger partial charge in [-0.15, -0.1) is 0 Å². The Bertz CT molecular complexity index is 250. The predicted octanol–water partition coefficient (Wildman–Crippen LogP) is 4.59. The van der Waals surface area contributed by atoms with Gasteiger partial charge in [-0.05, 0) is 25.7 Å². The smallest absolute Gasteiger partial charge is 0.147 e. The highest BCUT2D eigenvalue weighted by Gasteiger charge is 2.52.